The van der Waals surface area contributed by atoms with Crippen molar-refractivity contribution in [2.24, 2.45) is 10.9 Å². The fourth-order valence-corrected chi connectivity index (χ4v) is 4.15. The second-order valence-corrected chi connectivity index (χ2v) is 8.74. The first kappa shape index (κ1) is 30.5. The number of amides is 1. The molecule has 1 amide bonds. The summed E-state index contributed by atoms with van der Waals surface area (Å²) >= 11 is 0. The molecule has 9 heteroatoms. The van der Waals surface area contributed by atoms with Crippen molar-refractivity contribution < 1.29 is 62.6 Å². The Hall–Kier alpha value is -2.73. The van der Waals surface area contributed by atoms with Crippen molar-refractivity contribution in [2.75, 3.05) is 13.7 Å². The summed E-state index contributed by atoms with van der Waals surface area (Å²) in [5.74, 6) is 0.877. The standard InChI is InChI=1S/C28H25FN2O3.2ClH.Zn/c1-16(2)23-15-33-28(31-23)20-6-4-5-18(13-20)19-9-12-24-22(14-19)25(27(32)30-3)26(34-24)17-7-10-21(29)11-8-17;;;/h4-14,16,23H,15H2,1-3H3,(H,30,32);2*1H;/q;;;+2/p-2/t23-;;;/m0.../s1. The molecule has 0 spiro atoms. The van der Waals surface area contributed by atoms with Gasteiger partial charge in [-0.3, -0.25) is 4.79 Å². The molecule has 0 radical (unpaired) electrons. The molecule has 0 saturated carbocycles. The molecule has 0 saturated heterocycles. The molecule has 1 aliphatic rings. The van der Waals surface area contributed by atoms with Gasteiger partial charge >= 0.3 is 19.5 Å². The fourth-order valence-electron chi connectivity index (χ4n) is 4.15. The smallest absolute Gasteiger partial charge is 1.00 e. The van der Waals surface area contributed by atoms with E-state index in [2.05, 4.69) is 19.2 Å². The van der Waals surface area contributed by atoms with Gasteiger partial charge in [-0.05, 0) is 65.6 Å². The first-order valence-electron chi connectivity index (χ1n) is 11.3. The number of benzene rings is 3. The molecule has 0 fully saturated rings. The first-order chi connectivity index (χ1) is 16.4. The third-order valence-corrected chi connectivity index (χ3v) is 6.13. The number of fused-ring (bicyclic) bond motifs is 1. The molecular weight excluding hydrogens is 568 g/mol. The van der Waals surface area contributed by atoms with E-state index >= 15 is 0 Å². The van der Waals surface area contributed by atoms with Crippen LogP contribution in [0.15, 0.2) is 76.1 Å². The number of hydrogen-bond donors (Lipinski definition) is 1. The number of nitrogens with one attached hydrogen (secondary N) is 1. The molecule has 2 heterocycles. The second-order valence-electron chi connectivity index (χ2n) is 8.74. The average Bonchev–Trinajstić information content (AvgIpc) is 3.49. The van der Waals surface area contributed by atoms with Gasteiger partial charge in [-0.15, -0.1) is 0 Å². The number of hydrogen-bond acceptors (Lipinski definition) is 4. The molecule has 0 bridgehead atoms. The molecule has 0 unspecified atom stereocenters. The van der Waals surface area contributed by atoms with E-state index in [-0.39, 0.29) is 62.1 Å². The molecule has 1 N–H and O–H groups in total. The Bertz CT molecular complexity index is 1420. The predicted octanol–water partition coefficient (Wildman–Crippen LogP) is 0.0724. The van der Waals surface area contributed by atoms with E-state index in [9.17, 15) is 9.18 Å². The normalized spacial score (nSPS) is 14.2. The number of nitrogens with zero attached hydrogens (tertiary/aromatic N) is 1. The number of rotatable bonds is 5. The molecule has 1 aromatic heterocycles. The zero-order chi connectivity index (χ0) is 23.8. The van der Waals surface area contributed by atoms with Crippen LogP contribution in [0.5, 0.6) is 0 Å². The van der Waals surface area contributed by atoms with E-state index in [4.69, 9.17) is 14.1 Å². The molecule has 0 aliphatic carbocycles. The van der Waals surface area contributed by atoms with Gasteiger partial charge in [0.05, 0.1) is 11.6 Å². The van der Waals surface area contributed by atoms with Crippen molar-refractivity contribution in [3.63, 3.8) is 0 Å². The topological polar surface area (TPSA) is 63.8 Å². The fraction of sp³-hybridized carbons (Fsp3) is 0.214. The Morgan fingerprint density at radius 2 is 1.62 bits per heavy atom. The van der Waals surface area contributed by atoms with Crippen molar-refractivity contribution in [3.05, 3.63) is 83.7 Å². The van der Waals surface area contributed by atoms with Crippen LogP contribution in [0.25, 0.3) is 33.4 Å². The van der Waals surface area contributed by atoms with Gasteiger partial charge in [-0.25, -0.2) is 9.38 Å². The zero-order valence-corrected chi connectivity index (χ0v) is 25.2. The average molecular weight is 593 g/mol. The maximum atomic E-state index is 13.5. The Kier molecular flexibility index (Phi) is 10.5. The molecule has 1 aliphatic heterocycles. The molecular formula is C28H25Cl2FN2O3Zn. The summed E-state index contributed by atoms with van der Waals surface area (Å²) in [6.45, 7) is 4.88. The Morgan fingerprint density at radius 1 is 0.973 bits per heavy atom. The van der Waals surface area contributed by atoms with Crippen LogP contribution in [0.2, 0.25) is 0 Å². The van der Waals surface area contributed by atoms with Gasteiger partial charge in [-0.1, -0.05) is 32.0 Å². The molecule has 188 valence electrons. The Morgan fingerprint density at radius 3 is 2.27 bits per heavy atom. The third-order valence-electron chi connectivity index (χ3n) is 6.13. The van der Waals surface area contributed by atoms with E-state index in [1.165, 1.54) is 12.1 Å². The molecule has 37 heavy (non-hydrogen) atoms. The van der Waals surface area contributed by atoms with E-state index in [0.29, 0.717) is 46.3 Å². The number of furan rings is 1. The number of carbonyl (C=O) groups excluding carboxylic acids is 1. The number of halogens is 3. The quantitative estimate of drug-likeness (QED) is 0.334. The van der Waals surface area contributed by atoms with E-state index in [1.54, 1.807) is 19.2 Å². The minimum absolute atomic E-state index is 0. The van der Waals surface area contributed by atoms with E-state index < -0.39 is 0 Å². The Labute approximate surface area is 240 Å². The van der Waals surface area contributed by atoms with Crippen molar-refractivity contribution in [3.8, 4) is 22.5 Å². The van der Waals surface area contributed by atoms with Gasteiger partial charge in [0.1, 0.15) is 23.8 Å². The summed E-state index contributed by atoms with van der Waals surface area (Å²) in [6.07, 6.45) is 0. The van der Waals surface area contributed by atoms with Gasteiger partial charge in [0.25, 0.3) is 5.91 Å². The van der Waals surface area contributed by atoms with Crippen molar-refractivity contribution in [1.29, 1.82) is 0 Å². The summed E-state index contributed by atoms with van der Waals surface area (Å²) in [4.78, 5) is 17.6. The van der Waals surface area contributed by atoms with Crippen LogP contribution < -0.4 is 30.1 Å². The van der Waals surface area contributed by atoms with Crippen LogP contribution in [0.3, 0.4) is 0 Å². The molecule has 4 aromatic rings. The zero-order valence-electron chi connectivity index (χ0n) is 20.7. The van der Waals surface area contributed by atoms with Crippen molar-refractivity contribution in [2.45, 2.75) is 19.9 Å². The van der Waals surface area contributed by atoms with Crippen molar-refractivity contribution in [1.82, 2.24) is 5.32 Å². The van der Waals surface area contributed by atoms with Gasteiger partial charge in [0.2, 0.25) is 5.90 Å². The summed E-state index contributed by atoms with van der Waals surface area (Å²) in [5, 5.41) is 3.39. The minimum atomic E-state index is -0.348. The SMILES string of the molecule is CNC(=O)c1c(-c2ccc(F)cc2)oc2ccc(-c3cccc(C4=N[C@H](C(C)C)CO4)c3)cc12.[Cl-].[Cl-].[Zn+2]. The maximum absolute atomic E-state index is 13.5. The number of aliphatic imine (C=N–C) groups is 1. The second kappa shape index (κ2) is 12.7. The molecule has 5 rings (SSSR count). The first-order valence-corrected chi connectivity index (χ1v) is 11.3. The molecule has 5 nitrogen and oxygen atoms in total. The molecule has 1 atom stereocenters. The summed E-state index contributed by atoms with van der Waals surface area (Å²) < 4.78 is 25.4. The number of carbonyl (C=O) groups is 1. The summed E-state index contributed by atoms with van der Waals surface area (Å²) in [5.41, 5.74) is 4.48. The van der Waals surface area contributed by atoms with Gasteiger partial charge in [-0.2, -0.15) is 0 Å². The van der Waals surface area contributed by atoms with Crippen LogP contribution >= 0.6 is 0 Å². The van der Waals surface area contributed by atoms with Crippen LogP contribution in [0, 0.1) is 11.7 Å². The van der Waals surface area contributed by atoms with Crippen LogP contribution in [-0.2, 0) is 24.2 Å². The third kappa shape index (κ3) is 6.06. The van der Waals surface area contributed by atoms with Crippen LogP contribution in [0.4, 0.5) is 4.39 Å². The summed E-state index contributed by atoms with van der Waals surface area (Å²) in [6, 6.07) is 19.9. The van der Waals surface area contributed by atoms with E-state index in [0.717, 1.165) is 16.7 Å². The Balaban J connectivity index is 0.00000160. The number of ether oxygens (including phenoxy) is 1. The largest absolute Gasteiger partial charge is 2.00 e. The van der Waals surface area contributed by atoms with Crippen LogP contribution in [-0.4, -0.2) is 31.5 Å². The van der Waals surface area contributed by atoms with E-state index in [1.807, 2.05) is 42.5 Å². The predicted molar refractivity (Wildman–Crippen MR) is 132 cm³/mol. The summed E-state index contributed by atoms with van der Waals surface area (Å²) in [7, 11) is 1.58. The van der Waals surface area contributed by atoms with Crippen molar-refractivity contribution >= 4 is 22.8 Å². The minimum Gasteiger partial charge on any atom is -1.00 e. The molecule has 3 aromatic carbocycles. The van der Waals surface area contributed by atoms with Gasteiger partial charge < -0.3 is 39.3 Å². The van der Waals surface area contributed by atoms with Crippen LogP contribution in [0.1, 0.15) is 29.8 Å². The maximum Gasteiger partial charge on any atom is 2.00 e. The van der Waals surface area contributed by atoms with Gasteiger partial charge in [0, 0.05) is 23.6 Å². The monoisotopic (exact) mass is 590 g/mol. The van der Waals surface area contributed by atoms with Gasteiger partial charge in [0.15, 0.2) is 0 Å².